The molecule has 0 aromatic carbocycles. The average Bonchev–Trinajstić information content (AvgIpc) is 3.27. The Labute approximate surface area is 136 Å². The van der Waals surface area contributed by atoms with E-state index in [1.54, 1.807) is 11.3 Å². The molecule has 120 valence electrons. The third-order valence-electron chi connectivity index (χ3n) is 5.55. The molecule has 1 aromatic heterocycles. The van der Waals surface area contributed by atoms with Crippen molar-refractivity contribution < 1.29 is 4.79 Å². The lowest BCUT2D eigenvalue weighted by Crippen LogP contribution is -2.50. The molecule has 4 rings (SSSR count). The monoisotopic (exact) mass is 319 g/mol. The zero-order valence-corrected chi connectivity index (χ0v) is 13.9. The molecule has 3 fully saturated rings. The molecular weight excluding hydrogens is 294 g/mol. The van der Waals surface area contributed by atoms with Crippen molar-refractivity contribution in [2.45, 2.75) is 56.7 Å². The van der Waals surface area contributed by atoms with Crippen molar-refractivity contribution in [3.05, 3.63) is 22.4 Å². The molecule has 5 heteroatoms. The predicted octanol–water partition coefficient (Wildman–Crippen LogP) is 3.22. The summed E-state index contributed by atoms with van der Waals surface area (Å²) in [6.45, 7) is 3.28. The van der Waals surface area contributed by atoms with E-state index in [0.717, 1.165) is 32.4 Å². The van der Waals surface area contributed by atoms with Crippen molar-refractivity contribution in [2.24, 2.45) is 0 Å². The van der Waals surface area contributed by atoms with Gasteiger partial charge in [0.05, 0.1) is 6.04 Å². The molecule has 4 nitrogen and oxygen atoms in total. The van der Waals surface area contributed by atoms with Crippen LogP contribution in [0.5, 0.6) is 0 Å². The van der Waals surface area contributed by atoms with Crippen LogP contribution in [0.25, 0.3) is 0 Å². The standard InChI is InChI=1S/C17H25N3OS/c21-17(18-13-8-11-19-9-2-1-5-14(13)19)20-10-3-6-15(20)16-7-4-12-22-16/h4,7,12-15H,1-3,5-6,8-11H2,(H,18,21)/t13-,14+,15+/m1/s1. The number of amides is 2. The number of likely N-dealkylation sites (tertiary alicyclic amines) is 1. The number of hydrogen-bond acceptors (Lipinski definition) is 3. The van der Waals surface area contributed by atoms with E-state index in [2.05, 4.69) is 32.6 Å². The fourth-order valence-corrected chi connectivity index (χ4v) is 5.32. The number of hydrogen-bond donors (Lipinski definition) is 1. The molecular formula is C17H25N3OS. The fraction of sp³-hybridized carbons (Fsp3) is 0.706. The Balaban J connectivity index is 1.41. The molecule has 3 saturated heterocycles. The van der Waals surface area contributed by atoms with Crippen LogP contribution in [0.1, 0.15) is 49.4 Å². The Kier molecular flexibility index (Phi) is 4.09. The van der Waals surface area contributed by atoms with Gasteiger partial charge in [0.25, 0.3) is 0 Å². The van der Waals surface area contributed by atoms with E-state index in [9.17, 15) is 4.79 Å². The van der Waals surface area contributed by atoms with Crippen LogP contribution in [0.4, 0.5) is 4.79 Å². The van der Waals surface area contributed by atoms with Gasteiger partial charge in [-0.15, -0.1) is 11.3 Å². The van der Waals surface area contributed by atoms with Crippen LogP contribution in [0.15, 0.2) is 17.5 Å². The molecule has 0 saturated carbocycles. The summed E-state index contributed by atoms with van der Waals surface area (Å²) < 4.78 is 0. The van der Waals surface area contributed by atoms with Gasteiger partial charge in [0.2, 0.25) is 0 Å². The van der Waals surface area contributed by atoms with Gasteiger partial charge in [-0.05, 0) is 50.1 Å². The first-order valence-corrected chi connectivity index (χ1v) is 9.55. The van der Waals surface area contributed by atoms with Gasteiger partial charge in [-0.1, -0.05) is 12.5 Å². The number of nitrogens with one attached hydrogen (secondary N) is 1. The predicted molar refractivity (Wildman–Crippen MR) is 89.1 cm³/mol. The minimum atomic E-state index is 0.160. The smallest absolute Gasteiger partial charge is 0.318 e. The lowest BCUT2D eigenvalue weighted by atomic mass is 9.99. The molecule has 3 atom stereocenters. The van der Waals surface area contributed by atoms with Gasteiger partial charge in [-0.25, -0.2) is 4.79 Å². The second-order valence-corrected chi connectivity index (χ2v) is 7.79. The molecule has 0 aliphatic carbocycles. The highest BCUT2D eigenvalue weighted by atomic mass is 32.1. The van der Waals surface area contributed by atoms with Gasteiger partial charge in [0.15, 0.2) is 0 Å². The zero-order valence-electron chi connectivity index (χ0n) is 13.0. The largest absolute Gasteiger partial charge is 0.334 e. The third-order valence-corrected chi connectivity index (χ3v) is 6.52. The van der Waals surface area contributed by atoms with Crippen LogP contribution in [0.3, 0.4) is 0 Å². The van der Waals surface area contributed by atoms with E-state index < -0.39 is 0 Å². The minimum absolute atomic E-state index is 0.160. The Morgan fingerprint density at radius 3 is 2.95 bits per heavy atom. The summed E-state index contributed by atoms with van der Waals surface area (Å²) in [6.07, 6.45) is 7.23. The van der Waals surface area contributed by atoms with E-state index in [4.69, 9.17) is 0 Å². The topological polar surface area (TPSA) is 35.6 Å². The quantitative estimate of drug-likeness (QED) is 0.908. The first kappa shape index (κ1) is 14.5. The summed E-state index contributed by atoms with van der Waals surface area (Å²) in [6, 6.07) is 5.65. The van der Waals surface area contributed by atoms with E-state index >= 15 is 0 Å². The fourth-order valence-electron chi connectivity index (χ4n) is 4.44. The highest BCUT2D eigenvalue weighted by Gasteiger charge is 2.38. The van der Waals surface area contributed by atoms with Crippen molar-refractivity contribution >= 4 is 17.4 Å². The summed E-state index contributed by atoms with van der Waals surface area (Å²) >= 11 is 1.77. The molecule has 0 spiro atoms. The molecule has 0 bridgehead atoms. The molecule has 0 unspecified atom stereocenters. The maximum Gasteiger partial charge on any atom is 0.318 e. The number of fused-ring (bicyclic) bond motifs is 1. The number of rotatable bonds is 2. The van der Waals surface area contributed by atoms with Crippen LogP contribution in [-0.4, -0.2) is 47.5 Å². The SMILES string of the molecule is O=C(N[C@@H]1CCN2CCCC[C@@H]12)N1CCC[C@H]1c1cccs1. The van der Waals surface area contributed by atoms with Crippen molar-refractivity contribution in [2.75, 3.05) is 19.6 Å². The van der Waals surface area contributed by atoms with E-state index in [0.29, 0.717) is 18.1 Å². The maximum atomic E-state index is 12.8. The van der Waals surface area contributed by atoms with Gasteiger partial charge in [-0.2, -0.15) is 0 Å². The zero-order chi connectivity index (χ0) is 14.9. The highest BCUT2D eigenvalue weighted by Crippen LogP contribution is 2.35. The first-order chi connectivity index (χ1) is 10.8. The number of thiophene rings is 1. The van der Waals surface area contributed by atoms with Crippen LogP contribution in [0, 0.1) is 0 Å². The van der Waals surface area contributed by atoms with Crippen molar-refractivity contribution in [3.63, 3.8) is 0 Å². The van der Waals surface area contributed by atoms with Gasteiger partial charge < -0.3 is 10.2 Å². The minimum Gasteiger partial charge on any atom is -0.334 e. The number of urea groups is 1. The van der Waals surface area contributed by atoms with E-state index in [-0.39, 0.29) is 6.03 Å². The normalized spacial score (nSPS) is 32.2. The number of carbonyl (C=O) groups excluding carboxylic acids is 1. The maximum absolute atomic E-state index is 12.8. The van der Waals surface area contributed by atoms with Gasteiger partial charge >= 0.3 is 6.03 Å². The van der Waals surface area contributed by atoms with Crippen LogP contribution in [0.2, 0.25) is 0 Å². The molecule has 3 aliphatic rings. The molecule has 3 aliphatic heterocycles. The second-order valence-electron chi connectivity index (χ2n) is 6.81. The molecule has 2 amide bonds. The summed E-state index contributed by atoms with van der Waals surface area (Å²) in [7, 11) is 0. The second kappa shape index (κ2) is 6.20. The number of carbonyl (C=O) groups is 1. The molecule has 22 heavy (non-hydrogen) atoms. The molecule has 4 heterocycles. The third kappa shape index (κ3) is 2.65. The van der Waals surface area contributed by atoms with Crippen LogP contribution < -0.4 is 5.32 Å². The number of nitrogens with zero attached hydrogens (tertiary/aromatic N) is 2. The Morgan fingerprint density at radius 2 is 2.09 bits per heavy atom. The number of piperidine rings is 1. The van der Waals surface area contributed by atoms with Crippen molar-refractivity contribution in [1.82, 2.24) is 15.1 Å². The lowest BCUT2D eigenvalue weighted by molar-refractivity contribution is 0.165. The highest BCUT2D eigenvalue weighted by molar-refractivity contribution is 7.10. The first-order valence-electron chi connectivity index (χ1n) is 8.67. The van der Waals surface area contributed by atoms with E-state index in [1.165, 1.54) is 30.7 Å². The summed E-state index contributed by atoms with van der Waals surface area (Å²) in [4.78, 5) is 18.8. The van der Waals surface area contributed by atoms with E-state index in [1.807, 2.05) is 0 Å². The average molecular weight is 319 g/mol. The Morgan fingerprint density at radius 1 is 1.14 bits per heavy atom. The Bertz CT molecular complexity index is 518. The summed E-state index contributed by atoms with van der Waals surface area (Å²) in [5, 5.41) is 5.47. The van der Waals surface area contributed by atoms with Crippen molar-refractivity contribution in [3.8, 4) is 0 Å². The molecule has 0 radical (unpaired) electrons. The lowest BCUT2D eigenvalue weighted by Gasteiger charge is -2.34. The van der Waals surface area contributed by atoms with Gasteiger partial charge in [0.1, 0.15) is 0 Å². The van der Waals surface area contributed by atoms with Crippen molar-refractivity contribution in [1.29, 1.82) is 0 Å². The van der Waals surface area contributed by atoms with Gasteiger partial charge in [0, 0.05) is 30.1 Å². The Hall–Kier alpha value is -1.07. The summed E-state index contributed by atoms with van der Waals surface area (Å²) in [5.74, 6) is 0. The van der Waals surface area contributed by atoms with Gasteiger partial charge in [-0.3, -0.25) is 4.90 Å². The van der Waals surface area contributed by atoms with Crippen LogP contribution in [-0.2, 0) is 0 Å². The van der Waals surface area contributed by atoms with Crippen LogP contribution >= 0.6 is 11.3 Å². The molecule has 1 aromatic rings. The molecule has 1 N–H and O–H groups in total. The summed E-state index contributed by atoms with van der Waals surface area (Å²) in [5.41, 5.74) is 0.